The molecule has 0 bridgehead atoms. The van der Waals surface area contributed by atoms with E-state index in [1.807, 2.05) is 0 Å². The summed E-state index contributed by atoms with van der Waals surface area (Å²) in [4.78, 5) is 30.7. The van der Waals surface area contributed by atoms with Crippen molar-refractivity contribution in [3.8, 4) is 0 Å². The third-order valence-electron chi connectivity index (χ3n) is 3.42. The highest BCUT2D eigenvalue weighted by atomic mass is 35.5. The minimum absolute atomic E-state index is 0.0541. The highest BCUT2D eigenvalue weighted by molar-refractivity contribution is 6.31. The maximum absolute atomic E-state index is 14.1. The lowest BCUT2D eigenvalue weighted by atomic mass is 9.86. The summed E-state index contributed by atoms with van der Waals surface area (Å²) in [6.45, 7) is 1.60. The Kier molecular flexibility index (Phi) is 3.25. The van der Waals surface area contributed by atoms with Crippen LogP contribution < -0.4 is 10.9 Å². The van der Waals surface area contributed by atoms with E-state index in [9.17, 15) is 14.0 Å². The Bertz CT molecular complexity index is 783. The van der Waals surface area contributed by atoms with Crippen LogP contribution in [-0.2, 0) is 4.79 Å². The van der Waals surface area contributed by atoms with Crippen LogP contribution in [0.15, 0.2) is 23.0 Å². The molecule has 21 heavy (non-hydrogen) atoms. The Hall–Kier alpha value is -2.21. The lowest BCUT2D eigenvalue weighted by molar-refractivity contribution is -0.116. The molecule has 0 spiro atoms. The van der Waals surface area contributed by atoms with Crippen molar-refractivity contribution < 1.29 is 9.18 Å². The van der Waals surface area contributed by atoms with Gasteiger partial charge in [0, 0.05) is 22.9 Å². The summed E-state index contributed by atoms with van der Waals surface area (Å²) >= 11 is 6.06. The summed E-state index contributed by atoms with van der Waals surface area (Å²) in [7, 11) is 0. The number of hydrogen-bond donors (Lipinski definition) is 2. The largest absolute Gasteiger partial charge is 0.310 e. The van der Waals surface area contributed by atoms with E-state index in [4.69, 9.17) is 11.6 Å². The molecule has 0 aliphatic carbocycles. The predicted molar refractivity (Wildman–Crippen MR) is 76.1 cm³/mol. The first-order chi connectivity index (χ1) is 9.97. The number of aromatic nitrogens is 2. The van der Waals surface area contributed by atoms with E-state index in [0.717, 1.165) is 0 Å². The van der Waals surface area contributed by atoms with Gasteiger partial charge in [0.1, 0.15) is 17.5 Å². The van der Waals surface area contributed by atoms with Crippen LogP contribution in [0.25, 0.3) is 0 Å². The highest BCUT2D eigenvalue weighted by Crippen LogP contribution is 2.38. The number of nitrogens with one attached hydrogen (secondary N) is 2. The molecule has 2 aromatic rings. The molecular weight excluding hydrogens is 297 g/mol. The monoisotopic (exact) mass is 307 g/mol. The van der Waals surface area contributed by atoms with Crippen molar-refractivity contribution in [2.75, 3.05) is 5.32 Å². The average molecular weight is 308 g/mol. The van der Waals surface area contributed by atoms with Crippen LogP contribution in [0, 0.1) is 12.7 Å². The molecule has 0 saturated carbocycles. The van der Waals surface area contributed by atoms with Crippen molar-refractivity contribution in [3.63, 3.8) is 0 Å². The Morgan fingerprint density at radius 3 is 2.81 bits per heavy atom. The number of nitrogens with zero attached hydrogens (tertiary/aromatic N) is 1. The van der Waals surface area contributed by atoms with Gasteiger partial charge in [-0.2, -0.15) is 0 Å². The molecule has 2 N–H and O–H groups in total. The van der Waals surface area contributed by atoms with Crippen molar-refractivity contribution in [1.82, 2.24) is 9.97 Å². The van der Waals surface area contributed by atoms with Gasteiger partial charge < -0.3 is 10.3 Å². The van der Waals surface area contributed by atoms with Gasteiger partial charge in [-0.15, -0.1) is 0 Å². The molecule has 1 aliphatic heterocycles. The number of anilines is 1. The summed E-state index contributed by atoms with van der Waals surface area (Å²) in [5.41, 5.74) is -0.0274. The minimum Gasteiger partial charge on any atom is -0.310 e. The van der Waals surface area contributed by atoms with Gasteiger partial charge in [-0.1, -0.05) is 17.7 Å². The second-order valence-corrected chi connectivity index (χ2v) is 5.26. The number of rotatable bonds is 1. The highest BCUT2D eigenvalue weighted by Gasteiger charge is 2.33. The van der Waals surface area contributed by atoms with Gasteiger partial charge in [0.25, 0.3) is 5.56 Å². The number of fused-ring (bicyclic) bond motifs is 1. The number of amides is 1. The van der Waals surface area contributed by atoms with E-state index >= 15 is 0 Å². The van der Waals surface area contributed by atoms with Crippen LogP contribution >= 0.6 is 11.6 Å². The van der Waals surface area contributed by atoms with Crippen LogP contribution in [0.5, 0.6) is 0 Å². The molecule has 3 rings (SSSR count). The molecule has 5 nitrogen and oxygen atoms in total. The molecule has 0 radical (unpaired) electrons. The number of carbonyl (C=O) groups excluding carboxylic acids is 1. The summed E-state index contributed by atoms with van der Waals surface area (Å²) < 4.78 is 14.1. The molecule has 1 aliphatic rings. The third-order valence-corrected chi connectivity index (χ3v) is 3.75. The van der Waals surface area contributed by atoms with Crippen molar-refractivity contribution in [2.24, 2.45) is 0 Å². The van der Waals surface area contributed by atoms with E-state index in [1.54, 1.807) is 6.92 Å². The maximum Gasteiger partial charge on any atom is 0.256 e. The first-order valence-corrected chi connectivity index (χ1v) is 6.69. The summed E-state index contributed by atoms with van der Waals surface area (Å²) in [5.74, 6) is -1.09. The molecule has 0 unspecified atom stereocenters. The van der Waals surface area contributed by atoms with Gasteiger partial charge in [0.05, 0.1) is 5.56 Å². The zero-order chi connectivity index (χ0) is 15.1. The number of aromatic amines is 1. The van der Waals surface area contributed by atoms with Crippen molar-refractivity contribution in [3.05, 3.63) is 56.3 Å². The number of hydrogen-bond acceptors (Lipinski definition) is 3. The van der Waals surface area contributed by atoms with Crippen molar-refractivity contribution >= 4 is 23.3 Å². The number of carbonyl (C=O) groups is 1. The molecule has 1 amide bonds. The molecule has 7 heteroatoms. The number of aryl methyl sites for hydroxylation is 1. The van der Waals surface area contributed by atoms with Gasteiger partial charge in [0.15, 0.2) is 0 Å². The van der Waals surface area contributed by atoms with Crippen molar-refractivity contribution in [1.29, 1.82) is 0 Å². The van der Waals surface area contributed by atoms with Gasteiger partial charge in [0.2, 0.25) is 5.91 Å². The molecule has 1 aromatic heterocycles. The topological polar surface area (TPSA) is 74.8 Å². The summed E-state index contributed by atoms with van der Waals surface area (Å²) in [5, 5.41) is 2.73. The zero-order valence-corrected chi connectivity index (χ0v) is 11.8. The number of halogens is 2. The van der Waals surface area contributed by atoms with Crippen LogP contribution in [0.2, 0.25) is 5.02 Å². The fraction of sp³-hybridized carbons (Fsp3) is 0.214. The molecule has 1 aromatic carbocycles. The van der Waals surface area contributed by atoms with E-state index in [1.165, 1.54) is 18.2 Å². The fourth-order valence-electron chi connectivity index (χ4n) is 2.57. The first kappa shape index (κ1) is 13.8. The SMILES string of the molecule is Cc1nc2c(c(=O)[nH]1)[C@@H](c1c(F)cccc1Cl)CC(=O)N2. The zero-order valence-electron chi connectivity index (χ0n) is 11.0. The number of benzene rings is 1. The smallest absolute Gasteiger partial charge is 0.256 e. The van der Waals surface area contributed by atoms with Crippen LogP contribution in [0.1, 0.15) is 29.3 Å². The fourth-order valence-corrected chi connectivity index (χ4v) is 2.87. The predicted octanol–water partition coefficient (Wildman–Crippen LogP) is 2.34. The second kappa shape index (κ2) is 4.96. The quantitative estimate of drug-likeness (QED) is 0.849. The molecule has 2 heterocycles. The van der Waals surface area contributed by atoms with Gasteiger partial charge in [-0.25, -0.2) is 9.37 Å². The molecule has 1 atom stereocenters. The summed E-state index contributed by atoms with van der Waals surface area (Å²) in [6.07, 6.45) is -0.0541. The second-order valence-electron chi connectivity index (χ2n) is 4.85. The van der Waals surface area contributed by atoms with Crippen LogP contribution in [0.3, 0.4) is 0 Å². The van der Waals surface area contributed by atoms with E-state index in [0.29, 0.717) is 5.82 Å². The Morgan fingerprint density at radius 1 is 1.33 bits per heavy atom. The van der Waals surface area contributed by atoms with Gasteiger partial charge in [-0.05, 0) is 19.1 Å². The van der Waals surface area contributed by atoms with E-state index < -0.39 is 17.3 Å². The summed E-state index contributed by atoms with van der Waals surface area (Å²) in [6, 6.07) is 4.26. The van der Waals surface area contributed by atoms with Gasteiger partial charge >= 0.3 is 0 Å². The molecule has 0 fully saturated rings. The lowest BCUT2D eigenvalue weighted by Crippen LogP contribution is -2.32. The Balaban J connectivity index is 2.27. The third kappa shape index (κ3) is 2.31. The maximum atomic E-state index is 14.1. The minimum atomic E-state index is -0.751. The molecular formula is C14H11ClFN3O2. The normalized spacial score (nSPS) is 17.3. The van der Waals surface area contributed by atoms with Crippen LogP contribution in [-0.4, -0.2) is 15.9 Å². The Labute approximate surface area is 124 Å². The average Bonchev–Trinajstić information content (AvgIpc) is 2.36. The lowest BCUT2D eigenvalue weighted by Gasteiger charge is -2.25. The van der Waals surface area contributed by atoms with Crippen molar-refractivity contribution in [2.45, 2.75) is 19.3 Å². The molecule has 0 saturated heterocycles. The van der Waals surface area contributed by atoms with Gasteiger partial charge in [-0.3, -0.25) is 9.59 Å². The van der Waals surface area contributed by atoms with E-state index in [2.05, 4.69) is 15.3 Å². The van der Waals surface area contributed by atoms with E-state index in [-0.39, 0.29) is 34.3 Å². The standard InChI is InChI=1S/C14H11ClFN3O2/c1-6-17-13-12(14(21)18-6)7(5-10(20)19-13)11-8(15)3-2-4-9(11)16/h2-4,7H,5H2,1H3,(H2,17,18,19,20,21)/t7-/m1/s1. The van der Waals surface area contributed by atoms with Crippen LogP contribution in [0.4, 0.5) is 10.2 Å². The first-order valence-electron chi connectivity index (χ1n) is 6.32. The number of H-pyrrole nitrogens is 1. The molecule has 108 valence electrons. The Morgan fingerprint density at radius 2 is 2.10 bits per heavy atom.